The van der Waals surface area contributed by atoms with Crippen LogP contribution in [0.2, 0.25) is 0 Å². The molecule has 0 unspecified atom stereocenters. The number of carbonyl (C=O) groups excluding carboxylic acids is 1. The number of aryl methyl sites for hydroxylation is 1. The molecule has 1 aromatic carbocycles. The van der Waals surface area contributed by atoms with E-state index in [0.29, 0.717) is 22.9 Å². The van der Waals surface area contributed by atoms with E-state index in [9.17, 15) is 9.59 Å². The summed E-state index contributed by atoms with van der Waals surface area (Å²) >= 11 is 1.22. The Balaban J connectivity index is 2.28. The molecule has 0 atom stereocenters. The fourth-order valence-corrected chi connectivity index (χ4v) is 3.16. The molecular formula is C15H17N5O2S. The van der Waals surface area contributed by atoms with E-state index in [1.807, 2.05) is 22.6 Å². The highest BCUT2D eigenvalue weighted by Gasteiger charge is 2.16. The van der Waals surface area contributed by atoms with Gasteiger partial charge in [0, 0.05) is 6.54 Å². The van der Waals surface area contributed by atoms with Gasteiger partial charge in [-0.2, -0.15) is 0 Å². The Hall–Kier alpha value is -2.35. The summed E-state index contributed by atoms with van der Waals surface area (Å²) in [7, 11) is 0. The lowest BCUT2D eigenvalue weighted by atomic mass is 10.2. The Bertz CT molecular complexity index is 931. The smallest absolute Gasteiger partial charge is 0.262 e. The minimum absolute atomic E-state index is 0.0691. The number of primary amides is 1. The first-order valence-corrected chi connectivity index (χ1v) is 8.39. The van der Waals surface area contributed by atoms with Gasteiger partial charge in [0.25, 0.3) is 5.56 Å². The second kappa shape index (κ2) is 6.41. The normalized spacial score (nSPS) is 11.3. The van der Waals surface area contributed by atoms with Gasteiger partial charge in [-0.3, -0.25) is 18.6 Å². The molecule has 0 saturated heterocycles. The van der Waals surface area contributed by atoms with Crippen LogP contribution in [0.15, 0.2) is 34.2 Å². The lowest BCUT2D eigenvalue weighted by Gasteiger charge is -2.10. The molecule has 1 amide bonds. The molecular weight excluding hydrogens is 314 g/mol. The van der Waals surface area contributed by atoms with Crippen LogP contribution in [0.3, 0.4) is 0 Å². The van der Waals surface area contributed by atoms with E-state index >= 15 is 0 Å². The van der Waals surface area contributed by atoms with Gasteiger partial charge in [0.05, 0.1) is 16.7 Å². The van der Waals surface area contributed by atoms with Crippen LogP contribution in [0.25, 0.3) is 16.7 Å². The van der Waals surface area contributed by atoms with E-state index in [2.05, 4.69) is 17.1 Å². The third kappa shape index (κ3) is 2.81. The van der Waals surface area contributed by atoms with Gasteiger partial charge in [0.15, 0.2) is 5.16 Å². The van der Waals surface area contributed by atoms with Crippen molar-refractivity contribution in [2.45, 2.75) is 31.5 Å². The van der Waals surface area contributed by atoms with Crippen molar-refractivity contribution in [3.63, 3.8) is 0 Å². The number of nitrogens with two attached hydrogens (primary N) is 1. The number of amides is 1. The van der Waals surface area contributed by atoms with Crippen molar-refractivity contribution in [2.75, 3.05) is 5.75 Å². The highest BCUT2D eigenvalue weighted by atomic mass is 32.2. The summed E-state index contributed by atoms with van der Waals surface area (Å²) in [5, 5.41) is 9.46. The SMILES string of the molecule is CCCCn1c(=O)c2ccccc2n2c(SCC(N)=O)nnc12. The van der Waals surface area contributed by atoms with Gasteiger partial charge in [0.1, 0.15) is 0 Å². The number of nitrogens with zero attached hydrogens (tertiary/aromatic N) is 4. The van der Waals surface area contributed by atoms with Gasteiger partial charge in [-0.1, -0.05) is 37.2 Å². The van der Waals surface area contributed by atoms with E-state index in [1.54, 1.807) is 10.6 Å². The van der Waals surface area contributed by atoms with Crippen LogP contribution < -0.4 is 11.3 Å². The Morgan fingerprint density at radius 1 is 1.30 bits per heavy atom. The molecule has 0 saturated carbocycles. The second-order valence-electron chi connectivity index (χ2n) is 5.20. The van der Waals surface area contributed by atoms with Gasteiger partial charge in [-0.15, -0.1) is 10.2 Å². The minimum atomic E-state index is -0.421. The Labute approximate surface area is 136 Å². The summed E-state index contributed by atoms with van der Waals surface area (Å²) in [6.45, 7) is 2.66. The first kappa shape index (κ1) is 15.5. The van der Waals surface area contributed by atoms with Crippen molar-refractivity contribution in [3.8, 4) is 0 Å². The van der Waals surface area contributed by atoms with E-state index in [-0.39, 0.29) is 11.3 Å². The molecule has 0 aliphatic heterocycles. The monoisotopic (exact) mass is 331 g/mol. The zero-order chi connectivity index (χ0) is 16.4. The Kier molecular flexibility index (Phi) is 4.33. The maximum absolute atomic E-state index is 12.7. The van der Waals surface area contributed by atoms with Crippen molar-refractivity contribution >= 4 is 34.3 Å². The number of hydrogen-bond acceptors (Lipinski definition) is 5. The quantitative estimate of drug-likeness (QED) is 0.689. The Morgan fingerprint density at radius 2 is 2.09 bits per heavy atom. The lowest BCUT2D eigenvalue weighted by Crippen LogP contribution is -2.23. The zero-order valence-electron chi connectivity index (χ0n) is 12.7. The molecule has 120 valence electrons. The maximum Gasteiger partial charge on any atom is 0.262 e. The molecule has 2 heterocycles. The van der Waals surface area contributed by atoms with Gasteiger partial charge >= 0.3 is 0 Å². The summed E-state index contributed by atoms with van der Waals surface area (Å²) in [5.41, 5.74) is 5.88. The minimum Gasteiger partial charge on any atom is -0.369 e. The van der Waals surface area contributed by atoms with Gasteiger partial charge < -0.3 is 5.73 Å². The van der Waals surface area contributed by atoms with Crippen LogP contribution in [0.5, 0.6) is 0 Å². The molecule has 0 bridgehead atoms. The number of carbonyl (C=O) groups is 1. The number of aromatic nitrogens is 4. The summed E-state index contributed by atoms with van der Waals surface area (Å²) in [4.78, 5) is 23.8. The fraction of sp³-hybridized carbons (Fsp3) is 0.333. The predicted molar refractivity (Wildman–Crippen MR) is 89.6 cm³/mol. The number of benzene rings is 1. The van der Waals surface area contributed by atoms with Gasteiger partial charge in [0.2, 0.25) is 11.7 Å². The molecule has 0 aliphatic carbocycles. The highest BCUT2D eigenvalue weighted by molar-refractivity contribution is 7.99. The number of hydrogen-bond donors (Lipinski definition) is 1. The van der Waals surface area contributed by atoms with Crippen LogP contribution in [0.4, 0.5) is 0 Å². The van der Waals surface area contributed by atoms with E-state index in [1.165, 1.54) is 11.8 Å². The topological polar surface area (TPSA) is 95.3 Å². The van der Waals surface area contributed by atoms with Crippen molar-refractivity contribution in [2.24, 2.45) is 5.73 Å². The highest BCUT2D eigenvalue weighted by Crippen LogP contribution is 2.21. The first-order chi connectivity index (χ1) is 11.1. The van der Waals surface area contributed by atoms with Crippen LogP contribution in [0.1, 0.15) is 19.8 Å². The van der Waals surface area contributed by atoms with Crippen molar-refractivity contribution in [1.82, 2.24) is 19.2 Å². The standard InChI is InChI=1S/C15H17N5O2S/c1-2-3-8-19-13(22)10-6-4-5-7-11(10)20-14(19)17-18-15(20)23-9-12(16)21/h4-7H,2-3,8-9H2,1H3,(H2,16,21). The van der Waals surface area contributed by atoms with Crippen molar-refractivity contribution < 1.29 is 4.79 Å². The number of para-hydroxylation sites is 1. The molecule has 2 N–H and O–H groups in total. The molecule has 23 heavy (non-hydrogen) atoms. The maximum atomic E-state index is 12.7. The molecule has 3 aromatic rings. The summed E-state index contributed by atoms with van der Waals surface area (Å²) in [6.07, 6.45) is 1.85. The third-order valence-electron chi connectivity index (χ3n) is 3.56. The molecule has 0 fully saturated rings. The van der Waals surface area contributed by atoms with Crippen LogP contribution in [-0.4, -0.2) is 30.8 Å². The molecule has 7 nitrogen and oxygen atoms in total. The van der Waals surface area contributed by atoms with Crippen LogP contribution in [-0.2, 0) is 11.3 Å². The molecule has 3 rings (SSSR count). The first-order valence-electron chi connectivity index (χ1n) is 7.41. The average Bonchev–Trinajstić information content (AvgIpc) is 2.97. The fourth-order valence-electron chi connectivity index (χ4n) is 2.48. The van der Waals surface area contributed by atoms with E-state index < -0.39 is 5.91 Å². The zero-order valence-corrected chi connectivity index (χ0v) is 13.5. The summed E-state index contributed by atoms with van der Waals surface area (Å²) in [5.74, 6) is 0.188. The number of thioether (sulfide) groups is 1. The average molecular weight is 331 g/mol. The number of unbranched alkanes of at least 4 members (excludes halogenated alkanes) is 1. The molecule has 2 aromatic heterocycles. The lowest BCUT2D eigenvalue weighted by molar-refractivity contribution is -0.115. The van der Waals surface area contributed by atoms with Crippen molar-refractivity contribution in [1.29, 1.82) is 0 Å². The second-order valence-corrected chi connectivity index (χ2v) is 6.14. The Morgan fingerprint density at radius 3 is 2.83 bits per heavy atom. The molecule has 0 aliphatic rings. The van der Waals surface area contributed by atoms with E-state index in [0.717, 1.165) is 18.4 Å². The van der Waals surface area contributed by atoms with Gasteiger partial charge in [-0.25, -0.2) is 0 Å². The van der Waals surface area contributed by atoms with E-state index in [4.69, 9.17) is 5.73 Å². The third-order valence-corrected chi connectivity index (χ3v) is 4.51. The number of fused-ring (bicyclic) bond motifs is 3. The van der Waals surface area contributed by atoms with Crippen molar-refractivity contribution in [3.05, 3.63) is 34.6 Å². The molecule has 0 radical (unpaired) electrons. The van der Waals surface area contributed by atoms with Crippen LogP contribution >= 0.6 is 11.8 Å². The molecule has 8 heteroatoms. The largest absolute Gasteiger partial charge is 0.369 e. The summed E-state index contributed by atoms with van der Waals surface area (Å²) < 4.78 is 3.47. The molecule has 0 spiro atoms. The van der Waals surface area contributed by atoms with Gasteiger partial charge in [-0.05, 0) is 18.6 Å². The summed E-state index contributed by atoms with van der Waals surface area (Å²) in [6, 6.07) is 7.34. The predicted octanol–water partition coefficient (Wildman–Crippen LogP) is 1.42. The van der Waals surface area contributed by atoms with Crippen LogP contribution in [0, 0.1) is 0 Å². The number of rotatable bonds is 6.